The van der Waals surface area contributed by atoms with E-state index >= 15 is 0 Å². The first-order valence-electron chi connectivity index (χ1n) is 4.39. The Morgan fingerprint density at radius 2 is 2.00 bits per heavy atom. The smallest absolute Gasteiger partial charge is 0.300 e. The van der Waals surface area contributed by atoms with Crippen molar-refractivity contribution >= 4 is 22.6 Å². The van der Waals surface area contributed by atoms with Gasteiger partial charge in [-0.2, -0.15) is 0 Å². The molecule has 3 N–H and O–H groups in total. The molecule has 0 aliphatic carbocycles. The largest absolute Gasteiger partial charge is 0.481 e. The van der Waals surface area contributed by atoms with Crippen LogP contribution in [0.1, 0.15) is 6.92 Å². The number of aliphatic carboxylic acids is 1. The lowest BCUT2D eigenvalue weighted by Crippen LogP contribution is -1.85. The van der Waals surface area contributed by atoms with E-state index in [0.717, 1.165) is 17.8 Å². The van der Waals surface area contributed by atoms with Crippen LogP contribution in [0.4, 0.5) is 5.69 Å². The minimum Gasteiger partial charge on any atom is -0.481 e. The molecule has 2 aromatic rings. The molecule has 0 spiro atoms. The number of carboxylic acid groups (broad SMARTS) is 1. The molecule has 15 heavy (non-hydrogen) atoms. The van der Waals surface area contributed by atoms with Gasteiger partial charge in [0.2, 0.25) is 0 Å². The third kappa shape index (κ3) is 3.64. The molecule has 0 radical (unpaired) electrons. The molecule has 4 heteroatoms. The van der Waals surface area contributed by atoms with E-state index in [1.807, 2.05) is 30.3 Å². The molecule has 1 heterocycles. The summed E-state index contributed by atoms with van der Waals surface area (Å²) in [6.45, 7) is 1.08. The van der Waals surface area contributed by atoms with Crippen LogP contribution < -0.4 is 5.73 Å². The number of anilines is 1. The second-order valence-corrected chi connectivity index (χ2v) is 2.98. The third-order valence-corrected chi connectivity index (χ3v) is 1.61. The minimum atomic E-state index is -0.833. The van der Waals surface area contributed by atoms with Crippen molar-refractivity contribution in [2.45, 2.75) is 6.92 Å². The molecular formula is C11H12N2O2. The van der Waals surface area contributed by atoms with Crippen molar-refractivity contribution in [2.24, 2.45) is 0 Å². The average Bonchev–Trinajstić information content (AvgIpc) is 2.16. The highest BCUT2D eigenvalue weighted by molar-refractivity contribution is 5.80. The number of nitrogens with two attached hydrogens (primary N) is 1. The predicted molar refractivity (Wildman–Crippen MR) is 59.5 cm³/mol. The molecule has 0 unspecified atom stereocenters. The van der Waals surface area contributed by atoms with Crippen molar-refractivity contribution in [1.29, 1.82) is 0 Å². The van der Waals surface area contributed by atoms with Crippen LogP contribution >= 0.6 is 0 Å². The highest BCUT2D eigenvalue weighted by Crippen LogP contribution is 2.12. The Hall–Kier alpha value is -2.10. The van der Waals surface area contributed by atoms with Gasteiger partial charge in [-0.05, 0) is 12.1 Å². The zero-order chi connectivity index (χ0) is 11.3. The number of aromatic nitrogens is 1. The molecule has 2 rings (SSSR count). The first-order valence-corrected chi connectivity index (χ1v) is 4.39. The fourth-order valence-electron chi connectivity index (χ4n) is 1.09. The summed E-state index contributed by atoms with van der Waals surface area (Å²) >= 11 is 0. The van der Waals surface area contributed by atoms with Gasteiger partial charge in [0.15, 0.2) is 0 Å². The monoisotopic (exact) mass is 204 g/mol. The summed E-state index contributed by atoms with van der Waals surface area (Å²) in [6, 6.07) is 9.82. The highest BCUT2D eigenvalue weighted by Gasteiger charge is 1.91. The summed E-state index contributed by atoms with van der Waals surface area (Å²) < 4.78 is 0. The van der Waals surface area contributed by atoms with E-state index in [-0.39, 0.29) is 0 Å². The van der Waals surface area contributed by atoms with Crippen molar-refractivity contribution in [3.05, 3.63) is 36.5 Å². The molecule has 1 aromatic carbocycles. The molecule has 0 amide bonds. The van der Waals surface area contributed by atoms with Gasteiger partial charge in [-0.25, -0.2) is 0 Å². The molecular weight excluding hydrogens is 192 g/mol. The van der Waals surface area contributed by atoms with E-state index in [9.17, 15) is 0 Å². The first kappa shape index (κ1) is 11.0. The molecule has 1 aromatic heterocycles. The zero-order valence-electron chi connectivity index (χ0n) is 8.34. The Kier molecular flexibility index (Phi) is 3.62. The van der Waals surface area contributed by atoms with Gasteiger partial charge in [-0.15, -0.1) is 0 Å². The number of carboxylic acids is 1. The van der Waals surface area contributed by atoms with Gasteiger partial charge in [-0.1, -0.05) is 18.2 Å². The van der Waals surface area contributed by atoms with E-state index in [4.69, 9.17) is 15.6 Å². The quantitative estimate of drug-likeness (QED) is 0.687. The van der Waals surface area contributed by atoms with E-state index in [2.05, 4.69) is 4.98 Å². The number of fused-ring (bicyclic) bond motifs is 1. The van der Waals surface area contributed by atoms with Gasteiger partial charge >= 0.3 is 0 Å². The second kappa shape index (κ2) is 4.95. The lowest BCUT2D eigenvalue weighted by Gasteiger charge is -1.95. The summed E-state index contributed by atoms with van der Waals surface area (Å²) in [6.07, 6.45) is 1.67. The van der Waals surface area contributed by atoms with E-state index in [1.165, 1.54) is 0 Å². The van der Waals surface area contributed by atoms with Crippen LogP contribution in [-0.2, 0) is 4.79 Å². The lowest BCUT2D eigenvalue weighted by molar-refractivity contribution is -0.134. The predicted octanol–water partition coefficient (Wildman–Crippen LogP) is 1.91. The fourth-order valence-corrected chi connectivity index (χ4v) is 1.09. The number of benzene rings is 1. The number of hydrogen-bond acceptors (Lipinski definition) is 3. The van der Waals surface area contributed by atoms with Gasteiger partial charge in [0.05, 0.1) is 17.4 Å². The molecule has 0 aliphatic heterocycles. The van der Waals surface area contributed by atoms with Crippen LogP contribution in [0.3, 0.4) is 0 Å². The molecule has 0 bridgehead atoms. The van der Waals surface area contributed by atoms with Crippen molar-refractivity contribution in [1.82, 2.24) is 4.98 Å². The number of nitrogen functional groups attached to an aromatic ring is 1. The van der Waals surface area contributed by atoms with Crippen LogP contribution in [0.15, 0.2) is 36.5 Å². The maximum absolute atomic E-state index is 9.00. The Balaban J connectivity index is 0.000000245. The Morgan fingerprint density at radius 1 is 1.40 bits per heavy atom. The summed E-state index contributed by atoms with van der Waals surface area (Å²) in [7, 11) is 0. The van der Waals surface area contributed by atoms with Crippen LogP contribution in [0.2, 0.25) is 0 Å². The fraction of sp³-hybridized carbons (Fsp3) is 0.0909. The Bertz CT molecular complexity index is 465. The zero-order valence-corrected chi connectivity index (χ0v) is 8.34. The minimum absolute atomic E-state index is 0.712. The molecule has 0 saturated heterocycles. The number of hydrogen-bond donors (Lipinski definition) is 2. The van der Waals surface area contributed by atoms with Crippen molar-refractivity contribution in [2.75, 3.05) is 5.73 Å². The first-order chi connectivity index (χ1) is 7.09. The maximum Gasteiger partial charge on any atom is 0.300 e. The van der Waals surface area contributed by atoms with Crippen molar-refractivity contribution in [3.63, 3.8) is 0 Å². The third-order valence-electron chi connectivity index (χ3n) is 1.61. The van der Waals surface area contributed by atoms with E-state index in [1.54, 1.807) is 6.20 Å². The number of carbonyl (C=O) groups is 1. The average molecular weight is 204 g/mol. The van der Waals surface area contributed by atoms with Gasteiger partial charge in [0.25, 0.3) is 5.97 Å². The SMILES string of the molecule is CC(=O)O.Nc1cnc2ccccc2c1. The van der Waals surface area contributed by atoms with Crippen LogP contribution in [0, 0.1) is 0 Å². The Morgan fingerprint density at radius 3 is 2.67 bits per heavy atom. The molecule has 78 valence electrons. The van der Waals surface area contributed by atoms with Gasteiger partial charge < -0.3 is 10.8 Å². The normalized spacial score (nSPS) is 9.13. The lowest BCUT2D eigenvalue weighted by atomic mass is 10.2. The van der Waals surface area contributed by atoms with Crippen molar-refractivity contribution < 1.29 is 9.90 Å². The molecule has 0 aliphatic rings. The standard InChI is InChI=1S/C9H8N2.C2H4O2/c10-8-5-7-3-1-2-4-9(7)11-6-8;1-2(3)4/h1-6H,10H2;1H3,(H,3,4). The van der Waals surface area contributed by atoms with Crippen LogP contribution in [0.25, 0.3) is 10.9 Å². The second-order valence-electron chi connectivity index (χ2n) is 2.98. The molecule has 0 fully saturated rings. The van der Waals surface area contributed by atoms with Gasteiger partial charge in [-0.3, -0.25) is 9.78 Å². The van der Waals surface area contributed by atoms with Crippen LogP contribution in [-0.4, -0.2) is 16.1 Å². The number of para-hydroxylation sites is 1. The summed E-state index contributed by atoms with van der Waals surface area (Å²) in [4.78, 5) is 13.2. The summed E-state index contributed by atoms with van der Waals surface area (Å²) in [5, 5.41) is 8.51. The topological polar surface area (TPSA) is 76.2 Å². The Labute approximate surface area is 87.4 Å². The van der Waals surface area contributed by atoms with E-state index < -0.39 is 5.97 Å². The number of rotatable bonds is 0. The van der Waals surface area contributed by atoms with Crippen molar-refractivity contribution in [3.8, 4) is 0 Å². The molecule has 0 atom stereocenters. The molecule has 0 saturated carbocycles. The molecule has 4 nitrogen and oxygen atoms in total. The van der Waals surface area contributed by atoms with Gasteiger partial charge in [0, 0.05) is 12.3 Å². The van der Waals surface area contributed by atoms with Crippen LogP contribution in [0.5, 0.6) is 0 Å². The van der Waals surface area contributed by atoms with E-state index in [0.29, 0.717) is 5.69 Å². The number of pyridine rings is 1. The summed E-state index contributed by atoms with van der Waals surface area (Å²) in [5.41, 5.74) is 7.26. The highest BCUT2D eigenvalue weighted by atomic mass is 16.4. The summed E-state index contributed by atoms with van der Waals surface area (Å²) in [5.74, 6) is -0.833. The van der Waals surface area contributed by atoms with Gasteiger partial charge in [0.1, 0.15) is 0 Å². The number of nitrogens with zero attached hydrogens (tertiary/aromatic N) is 1. The maximum atomic E-state index is 9.00.